The smallest absolute Gasteiger partial charge is 0.355 e. The van der Waals surface area contributed by atoms with E-state index < -0.39 is 11.7 Å². The van der Waals surface area contributed by atoms with Gasteiger partial charge in [-0.2, -0.15) is 13.2 Å². The summed E-state index contributed by atoms with van der Waals surface area (Å²) >= 11 is 0. The van der Waals surface area contributed by atoms with Gasteiger partial charge in [-0.1, -0.05) is 18.2 Å². The molecule has 3 rings (SSSR count). The third-order valence-corrected chi connectivity index (χ3v) is 5.15. The highest BCUT2D eigenvalue weighted by Crippen LogP contribution is 2.30. The van der Waals surface area contributed by atoms with Gasteiger partial charge in [-0.3, -0.25) is 4.90 Å². The summed E-state index contributed by atoms with van der Waals surface area (Å²) in [5, 5.41) is 3.08. The fourth-order valence-electron chi connectivity index (χ4n) is 3.75. The van der Waals surface area contributed by atoms with E-state index in [0.717, 1.165) is 62.6 Å². The molecule has 0 radical (unpaired) electrons. The van der Waals surface area contributed by atoms with Crippen LogP contribution < -0.4 is 5.32 Å². The van der Waals surface area contributed by atoms with Crippen molar-refractivity contribution in [3.63, 3.8) is 0 Å². The van der Waals surface area contributed by atoms with Crippen LogP contribution in [0, 0.1) is 5.92 Å². The summed E-state index contributed by atoms with van der Waals surface area (Å²) in [5.41, 5.74) is 1.29. The molecule has 152 valence electrons. The maximum atomic E-state index is 12.9. The molecule has 28 heavy (non-hydrogen) atoms. The Morgan fingerprint density at radius 1 is 1.18 bits per heavy atom. The van der Waals surface area contributed by atoms with E-state index in [2.05, 4.69) is 20.2 Å². The Morgan fingerprint density at radius 3 is 2.68 bits per heavy atom. The molecule has 2 aromatic rings. The van der Waals surface area contributed by atoms with Gasteiger partial charge in [0, 0.05) is 37.6 Å². The fraction of sp³-hybridized carbons (Fsp3) is 0.524. The minimum absolute atomic E-state index is 0.505. The van der Waals surface area contributed by atoms with Gasteiger partial charge < -0.3 is 5.32 Å². The van der Waals surface area contributed by atoms with Gasteiger partial charge in [0.1, 0.15) is 0 Å². The Labute approximate surface area is 164 Å². The van der Waals surface area contributed by atoms with E-state index in [0.29, 0.717) is 18.3 Å². The number of likely N-dealkylation sites (tertiary alicyclic amines) is 1. The third kappa shape index (κ3) is 5.92. The van der Waals surface area contributed by atoms with E-state index in [1.807, 2.05) is 19.3 Å². The van der Waals surface area contributed by atoms with Crippen LogP contribution in [0.1, 0.15) is 42.9 Å². The van der Waals surface area contributed by atoms with Crippen molar-refractivity contribution >= 4 is 5.95 Å². The number of nitrogens with zero attached hydrogens (tertiary/aromatic N) is 3. The molecule has 0 amide bonds. The van der Waals surface area contributed by atoms with Crippen LogP contribution in [0.3, 0.4) is 0 Å². The number of anilines is 1. The summed E-state index contributed by atoms with van der Waals surface area (Å²) in [6.07, 6.45) is 3.28. The molecule has 1 aromatic heterocycles. The van der Waals surface area contributed by atoms with Gasteiger partial charge in [0.2, 0.25) is 5.95 Å². The Kier molecular flexibility index (Phi) is 6.88. The molecule has 1 N–H and O–H groups in total. The highest BCUT2D eigenvalue weighted by molar-refractivity contribution is 5.26. The van der Waals surface area contributed by atoms with E-state index in [9.17, 15) is 13.2 Å². The molecule has 0 unspecified atom stereocenters. The van der Waals surface area contributed by atoms with Crippen LogP contribution in [0.15, 0.2) is 36.7 Å². The summed E-state index contributed by atoms with van der Waals surface area (Å²) in [5.74, 6) is 1.15. The number of aromatic nitrogens is 2. The lowest BCUT2D eigenvalue weighted by atomic mass is 9.91. The molecule has 0 bridgehead atoms. The molecule has 1 aliphatic rings. The molecule has 0 aliphatic carbocycles. The molecular formula is C21H27F3N4. The summed E-state index contributed by atoms with van der Waals surface area (Å²) in [4.78, 5) is 11.0. The quantitative estimate of drug-likeness (QED) is 0.737. The molecule has 0 spiro atoms. The highest BCUT2D eigenvalue weighted by Gasteiger charge is 2.30. The van der Waals surface area contributed by atoms with Crippen LogP contribution in [0.5, 0.6) is 0 Å². The van der Waals surface area contributed by atoms with Gasteiger partial charge in [0.25, 0.3) is 0 Å². The Balaban J connectivity index is 1.51. The third-order valence-electron chi connectivity index (χ3n) is 5.15. The van der Waals surface area contributed by atoms with Crippen molar-refractivity contribution in [1.82, 2.24) is 14.9 Å². The molecule has 1 aromatic carbocycles. The number of aryl methyl sites for hydroxylation is 1. The number of alkyl halides is 3. The minimum atomic E-state index is -4.28. The number of piperidine rings is 1. The molecule has 1 fully saturated rings. The summed E-state index contributed by atoms with van der Waals surface area (Å²) in [6.45, 7) is 5.61. The number of benzene rings is 1. The fourth-order valence-corrected chi connectivity index (χ4v) is 3.75. The first-order valence-electron chi connectivity index (χ1n) is 9.87. The lowest BCUT2D eigenvalue weighted by Crippen LogP contribution is -2.35. The predicted octanol–water partition coefficient (Wildman–Crippen LogP) is 4.77. The summed E-state index contributed by atoms with van der Waals surface area (Å²) < 4.78 is 38.6. The van der Waals surface area contributed by atoms with Crippen molar-refractivity contribution in [2.45, 2.75) is 45.3 Å². The van der Waals surface area contributed by atoms with Crippen molar-refractivity contribution < 1.29 is 13.2 Å². The molecule has 7 heteroatoms. The molecular weight excluding hydrogens is 365 g/mol. The van der Waals surface area contributed by atoms with Gasteiger partial charge >= 0.3 is 6.18 Å². The number of hydrogen-bond acceptors (Lipinski definition) is 4. The number of hydrogen-bond donors (Lipinski definition) is 1. The molecule has 0 saturated carbocycles. The van der Waals surface area contributed by atoms with Crippen LogP contribution in [0.25, 0.3) is 0 Å². The standard InChI is InChI=1S/C21H27F3N4/c1-2-25-20-26-12-18(13-27-20)15-28-10-4-6-17(14-28)9-8-16-5-3-7-19(11-16)21(22,23)24/h3,5,7,11-13,17H,2,4,6,8-10,14-15H2,1H3,(H,25,26,27)/t17-/m0/s1. The lowest BCUT2D eigenvalue weighted by molar-refractivity contribution is -0.137. The Hall–Kier alpha value is -2.15. The van der Waals surface area contributed by atoms with Crippen molar-refractivity contribution in [3.05, 3.63) is 53.3 Å². The van der Waals surface area contributed by atoms with Crippen LogP contribution in [-0.2, 0) is 19.1 Å². The molecule has 1 aliphatic heterocycles. The van der Waals surface area contributed by atoms with Gasteiger partial charge in [-0.25, -0.2) is 9.97 Å². The largest absolute Gasteiger partial charge is 0.416 e. The van der Waals surface area contributed by atoms with Crippen molar-refractivity contribution in [1.29, 1.82) is 0 Å². The summed E-state index contributed by atoms with van der Waals surface area (Å²) in [7, 11) is 0. The maximum absolute atomic E-state index is 12.9. The zero-order valence-corrected chi connectivity index (χ0v) is 16.2. The topological polar surface area (TPSA) is 41.1 Å². The second-order valence-corrected chi connectivity index (χ2v) is 7.43. The molecule has 2 heterocycles. The molecule has 1 saturated heterocycles. The second kappa shape index (κ2) is 9.37. The minimum Gasteiger partial charge on any atom is -0.355 e. The van der Waals surface area contributed by atoms with E-state index in [1.54, 1.807) is 6.07 Å². The van der Waals surface area contributed by atoms with E-state index in [-0.39, 0.29) is 0 Å². The van der Waals surface area contributed by atoms with Crippen LogP contribution in [0.4, 0.5) is 19.1 Å². The predicted molar refractivity (Wildman–Crippen MR) is 104 cm³/mol. The Bertz CT molecular complexity index is 746. The lowest BCUT2D eigenvalue weighted by Gasteiger charge is -2.32. The first-order chi connectivity index (χ1) is 13.4. The average Bonchev–Trinajstić information content (AvgIpc) is 2.68. The average molecular weight is 392 g/mol. The zero-order chi connectivity index (χ0) is 20.0. The van der Waals surface area contributed by atoms with E-state index in [1.165, 1.54) is 12.1 Å². The number of halogens is 3. The second-order valence-electron chi connectivity index (χ2n) is 7.43. The zero-order valence-electron chi connectivity index (χ0n) is 16.2. The van der Waals surface area contributed by atoms with Crippen LogP contribution in [0.2, 0.25) is 0 Å². The van der Waals surface area contributed by atoms with Gasteiger partial charge in [-0.15, -0.1) is 0 Å². The number of rotatable bonds is 7. The van der Waals surface area contributed by atoms with Gasteiger partial charge in [0.15, 0.2) is 0 Å². The van der Waals surface area contributed by atoms with Crippen molar-refractivity contribution in [3.8, 4) is 0 Å². The van der Waals surface area contributed by atoms with Crippen molar-refractivity contribution in [2.24, 2.45) is 5.92 Å². The SMILES string of the molecule is CCNc1ncc(CN2CCC[C@@H](CCc3cccc(C(F)(F)F)c3)C2)cn1. The Morgan fingerprint density at radius 2 is 1.96 bits per heavy atom. The molecule has 4 nitrogen and oxygen atoms in total. The van der Waals surface area contributed by atoms with Crippen LogP contribution >= 0.6 is 0 Å². The highest BCUT2D eigenvalue weighted by atomic mass is 19.4. The van der Waals surface area contributed by atoms with Crippen molar-refractivity contribution in [2.75, 3.05) is 25.0 Å². The van der Waals surface area contributed by atoms with Gasteiger partial charge in [0.05, 0.1) is 5.56 Å². The van der Waals surface area contributed by atoms with E-state index in [4.69, 9.17) is 0 Å². The monoisotopic (exact) mass is 392 g/mol. The van der Waals surface area contributed by atoms with Gasteiger partial charge in [-0.05, 0) is 56.7 Å². The first kappa shape index (κ1) is 20.6. The maximum Gasteiger partial charge on any atom is 0.416 e. The number of nitrogens with one attached hydrogen (secondary N) is 1. The normalized spacial score (nSPS) is 18.2. The van der Waals surface area contributed by atoms with E-state index >= 15 is 0 Å². The molecule has 1 atom stereocenters. The first-order valence-corrected chi connectivity index (χ1v) is 9.87. The van der Waals surface area contributed by atoms with Crippen LogP contribution in [-0.4, -0.2) is 34.5 Å². The summed E-state index contributed by atoms with van der Waals surface area (Å²) in [6, 6.07) is 5.71.